The molecule has 8 nitrogen and oxygen atoms in total. The third-order valence-electron chi connectivity index (χ3n) is 4.68. The summed E-state index contributed by atoms with van der Waals surface area (Å²) in [6.45, 7) is 1.86. The number of aromatic amines is 1. The predicted octanol–water partition coefficient (Wildman–Crippen LogP) is 4.14. The first-order chi connectivity index (χ1) is 14.6. The molecule has 148 valence electrons. The highest BCUT2D eigenvalue weighted by molar-refractivity contribution is 9.10. The van der Waals surface area contributed by atoms with Gasteiger partial charge in [0, 0.05) is 29.2 Å². The maximum atomic E-state index is 12.1. The molecule has 9 heteroatoms. The first-order valence-corrected chi connectivity index (χ1v) is 9.90. The maximum absolute atomic E-state index is 12.1. The van der Waals surface area contributed by atoms with E-state index in [1.165, 1.54) is 0 Å². The molecule has 0 atom stereocenters. The fourth-order valence-electron chi connectivity index (χ4n) is 3.22. The monoisotopic (exact) mass is 462 g/mol. The lowest BCUT2D eigenvalue weighted by Crippen LogP contribution is -2.15. The number of nitrogens with zero attached hydrogens (tertiary/aromatic N) is 5. The molecule has 0 saturated heterocycles. The third-order valence-corrected chi connectivity index (χ3v) is 5.09. The number of benzene rings is 2. The Hall–Kier alpha value is -3.72. The molecule has 3 heterocycles. The van der Waals surface area contributed by atoms with E-state index in [1.807, 2.05) is 61.7 Å². The van der Waals surface area contributed by atoms with Crippen LogP contribution >= 0.6 is 15.9 Å². The molecule has 0 fully saturated rings. The number of rotatable bonds is 4. The van der Waals surface area contributed by atoms with Crippen LogP contribution < -0.4 is 5.69 Å². The number of H-pyrrole nitrogens is 1. The zero-order chi connectivity index (χ0) is 20.7. The Kier molecular flexibility index (Phi) is 4.44. The fraction of sp³-hybridized carbons (Fsp3) is 0.0476. The van der Waals surface area contributed by atoms with E-state index < -0.39 is 0 Å². The van der Waals surface area contributed by atoms with Crippen molar-refractivity contribution in [2.45, 2.75) is 6.92 Å². The number of aryl methyl sites for hydroxylation is 1. The molecule has 0 unspecified atom stereocenters. The lowest BCUT2D eigenvalue weighted by Gasteiger charge is -2.05. The summed E-state index contributed by atoms with van der Waals surface area (Å²) in [5, 5.41) is 8.37. The highest BCUT2D eigenvalue weighted by atomic mass is 79.9. The van der Waals surface area contributed by atoms with Gasteiger partial charge in [-0.1, -0.05) is 17.3 Å². The second kappa shape index (κ2) is 7.27. The summed E-state index contributed by atoms with van der Waals surface area (Å²) in [4.78, 5) is 19.3. The van der Waals surface area contributed by atoms with Gasteiger partial charge in [0.15, 0.2) is 0 Å². The average molecular weight is 463 g/mol. The smallest absolute Gasteiger partial charge is 0.330 e. The Morgan fingerprint density at radius 2 is 1.90 bits per heavy atom. The van der Waals surface area contributed by atoms with E-state index in [2.05, 4.69) is 36.2 Å². The zero-order valence-corrected chi connectivity index (χ0v) is 17.4. The Labute approximate surface area is 178 Å². The van der Waals surface area contributed by atoms with Crippen molar-refractivity contribution in [3.8, 4) is 34.2 Å². The van der Waals surface area contributed by atoms with E-state index in [4.69, 9.17) is 4.52 Å². The zero-order valence-electron chi connectivity index (χ0n) is 15.8. The largest absolute Gasteiger partial charge is 0.334 e. The highest BCUT2D eigenvalue weighted by Gasteiger charge is 2.13. The summed E-state index contributed by atoms with van der Waals surface area (Å²) in [6.07, 6.45) is 5.28. The van der Waals surface area contributed by atoms with Crippen molar-refractivity contribution in [2.75, 3.05) is 0 Å². The van der Waals surface area contributed by atoms with E-state index in [1.54, 1.807) is 21.6 Å². The molecule has 5 rings (SSSR count). The highest BCUT2D eigenvalue weighted by Crippen LogP contribution is 2.25. The molecule has 3 aromatic heterocycles. The van der Waals surface area contributed by atoms with Gasteiger partial charge >= 0.3 is 5.69 Å². The van der Waals surface area contributed by atoms with E-state index in [0.29, 0.717) is 11.7 Å². The van der Waals surface area contributed by atoms with Crippen LogP contribution in [0.25, 0.3) is 34.2 Å². The minimum absolute atomic E-state index is 0.192. The van der Waals surface area contributed by atoms with Gasteiger partial charge in [0.1, 0.15) is 0 Å². The normalized spacial score (nSPS) is 11.1. The standard InChI is InChI=1S/C21H15BrN6O2/c1-13-10-23-21(29)28(13)18-4-2-3-15(9-18)19-25-20(30-26-19)14-5-7-17(8-6-14)27-12-16(22)11-24-27/h2-12H,1H3,(H,23,29). The first kappa shape index (κ1) is 18.3. The third kappa shape index (κ3) is 3.29. The SMILES string of the molecule is Cc1c[nH]c(=O)n1-c1cccc(-c2noc(-c3ccc(-n4cc(Br)cn4)cc3)n2)c1. The molecule has 0 saturated carbocycles. The topological polar surface area (TPSA) is 94.5 Å². The lowest BCUT2D eigenvalue weighted by molar-refractivity contribution is 0.432. The minimum Gasteiger partial charge on any atom is -0.334 e. The molecule has 30 heavy (non-hydrogen) atoms. The number of imidazole rings is 1. The van der Waals surface area contributed by atoms with Crippen LogP contribution in [0, 0.1) is 6.92 Å². The molecular weight excluding hydrogens is 448 g/mol. The van der Waals surface area contributed by atoms with Crippen molar-refractivity contribution in [2.24, 2.45) is 0 Å². The molecule has 5 aromatic rings. The average Bonchev–Trinajstić information content (AvgIpc) is 3.49. The number of aromatic nitrogens is 6. The van der Waals surface area contributed by atoms with Crippen LogP contribution in [0.2, 0.25) is 0 Å². The van der Waals surface area contributed by atoms with E-state index in [0.717, 1.165) is 32.7 Å². The van der Waals surface area contributed by atoms with E-state index in [-0.39, 0.29) is 5.69 Å². The molecule has 0 bridgehead atoms. The maximum Gasteiger partial charge on any atom is 0.330 e. The molecule has 0 aliphatic rings. The predicted molar refractivity (Wildman–Crippen MR) is 115 cm³/mol. The van der Waals surface area contributed by atoms with Crippen molar-refractivity contribution < 1.29 is 4.52 Å². The van der Waals surface area contributed by atoms with Crippen molar-refractivity contribution in [1.29, 1.82) is 0 Å². The number of halogens is 1. The first-order valence-electron chi connectivity index (χ1n) is 9.11. The van der Waals surface area contributed by atoms with Gasteiger partial charge in [0.25, 0.3) is 5.89 Å². The quantitative estimate of drug-likeness (QED) is 0.433. The molecule has 0 spiro atoms. The number of nitrogens with one attached hydrogen (secondary N) is 1. The molecular formula is C21H15BrN6O2. The van der Waals surface area contributed by atoms with E-state index >= 15 is 0 Å². The van der Waals surface area contributed by atoms with Gasteiger partial charge in [-0.15, -0.1) is 0 Å². The second-order valence-corrected chi connectivity index (χ2v) is 7.61. The van der Waals surface area contributed by atoms with Crippen molar-refractivity contribution >= 4 is 15.9 Å². The Morgan fingerprint density at radius 1 is 1.07 bits per heavy atom. The van der Waals surface area contributed by atoms with Crippen LogP contribution in [0.15, 0.2) is 80.9 Å². The molecule has 0 amide bonds. The summed E-state index contributed by atoms with van der Waals surface area (Å²) in [5.41, 5.74) is 3.84. The van der Waals surface area contributed by atoms with Gasteiger partial charge in [-0.25, -0.2) is 9.48 Å². The summed E-state index contributed by atoms with van der Waals surface area (Å²) < 4.78 is 9.74. The van der Waals surface area contributed by atoms with Crippen LogP contribution in [-0.4, -0.2) is 29.5 Å². The molecule has 0 aliphatic carbocycles. The van der Waals surface area contributed by atoms with Crippen LogP contribution in [-0.2, 0) is 0 Å². The van der Waals surface area contributed by atoms with Gasteiger partial charge in [-0.05, 0) is 59.3 Å². The Morgan fingerprint density at radius 3 is 2.60 bits per heavy atom. The molecule has 1 N–H and O–H groups in total. The van der Waals surface area contributed by atoms with Gasteiger partial charge in [-0.2, -0.15) is 10.1 Å². The summed E-state index contributed by atoms with van der Waals surface area (Å²) in [7, 11) is 0. The number of hydrogen-bond donors (Lipinski definition) is 1. The van der Waals surface area contributed by atoms with Crippen LogP contribution in [0.5, 0.6) is 0 Å². The van der Waals surface area contributed by atoms with Gasteiger partial charge < -0.3 is 9.51 Å². The molecule has 0 radical (unpaired) electrons. The molecule has 0 aliphatic heterocycles. The fourth-order valence-corrected chi connectivity index (χ4v) is 3.50. The second-order valence-electron chi connectivity index (χ2n) is 6.69. The van der Waals surface area contributed by atoms with Gasteiger partial charge in [-0.3, -0.25) is 4.57 Å². The number of hydrogen-bond acceptors (Lipinski definition) is 5. The van der Waals surface area contributed by atoms with Crippen LogP contribution in [0.3, 0.4) is 0 Å². The Bertz CT molecular complexity index is 1390. The summed E-state index contributed by atoms with van der Waals surface area (Å²) >= 11 is 3.39. The molecule has 2 aromatic carbocycles. The lowest BCUT2D eigenvalue weighted by atomic mass is 10.2. The van der Waals surface area contributed by atoms with Crippen molar-refractivity contribution in [1.82, 2.24) is 29.5 Å². The van der Waals surface area contributed by atoms with Crippen LogP contribution in [0.4, 0.5) is 0 Å². The van der Waals surface area contributed by atoms with Crippen molar-refractivity contribution in [3.05, 3.63) is 87.8 Å². The van der Waals surface area contributed by atoms with Crippen LogP contribution in [0.1, 0.15) is 5.69 Å². The van der Waals surface area contributed by atoms with E-state index in [9.17, 15) is 4.79 Å². The van der Waals surface area contributed by atoms with Crippen molar-refractivity contribution in [3.63, 3.8) is 0 Å². The van der Waals surface area contributed by atoms with Gasteiger partial charge in [0.2, 0.25) is 5.82 Å². The van der Waals surface area contributed by atoms with Gasteiger partial charge in [0.05, 0.1) is 22.0 Å². The summed E-state index contributed by atoms with van der Waals surface area (Å²) in [6, 6.07) is 15.1. The summed E-state index contributed by atoms with van der Waals surface area (Å²) in [5.74, 6) is 0.867. The Balaban J connectivity index is 1.45. The minimum atomic E-state index is -0.192.